The van der Waals surface area contributed by atoms with Crippen LogP contribution >= 0.6 is 24.0 Å². The van der Waals surface area contributed by atoms with Crippen LogP contribution in [0.3, 0.4) is 0 Å². The molecule has 4 heterocycles. The average Bonchev–Trinajstić information content (AvgIpc) is 3.37. The molecule has 0 unspecified atom stereocenters. The van der Waals surface area contributed by atoms with Gasteiger partial charge in [0.05, 0.1) is 26.0 Å². The number of furan rings is 1. The summed E-state index contributed by atoms with van der Waals surface area (Å²) < 4.78 is 10.7. The number of morpholine rings is 1. The van der Waals surface area contributed by atoms with Gasteiger partial charge in [-0.2, -0.15) is 0 Å². The van der Waals surface area contributed by atoms with Crippen LogP contribution in [0.5, 0.6) is 0 Å². The van der Waals surface area contributed by atoms with Crippen LogP contribution in [0.25, 0.3) is 0 Å². The van der Waals surface area contributed by atoms with Gasteiger partial charge in [0.15, 0.2) is 11.7 Å². The third kappa shape index (κ3) is 5.91. The predicted molar refractivity (Wildman–Crippen MR) is 134 cm³/mol. The highest BCUT2D eigenvalue weighted by atomic mass is 127. The van der Waals surface area contributed by atoms with E-state index in [9.17, 15) is 4.79 Å². The Labute approximate surface area is 205 Å². The van der Waals surface area contributed by atoms with Gasteiger partial charge in [-0.1, -0.05) is 6.07 Å². The first-order chi connectivity index (χ1) is 15.3. The molecule has 32 heavy (non-hydrogen) atoms. The van der Waals surface area contributed by atoms with Gasteiger partial charge in [-0.05, 0) is 25.1 Å². The summed E-state index contributed by atoms with van der Waals surface area (Å²) in [6.45, 7) is 9.26. The molecule has 2 fully saturated rings. The summed E-state index contributed by atoms with van der Waals surface area (Å²) in [4.78, 5) is 28.3. The molecule has 10 heteroatoms. The molecule has 0 atom stereocenters. The molecule has 0 bridgehead atoms. The lowest BCUT2D eigenvalue weighted by Gasteiger charge is -2.36. The minimum absolute atomic E-state index is 0. The lowest BCUT2D eigenvalue weighted by molar-refractivity contribution is 0.0657. The quantitative estimate of drug-likeness (QED) is 0.344. The third-order valence-corrected chi connectivity index (χ3v) is 5.51. The fraction of sp³-hybridized carbons (Fsp3) is 0.500. The van der Waals surface area contributed by atoms with Crippen LogP contribution in [0.2, 0.25) is 0 Å². The van der Waals surface area contributed by atoms with Crippen molar-refractivity contribution in [3.8, 4) is 0 Å². The van der Waals surface area contributed by atoms with Crippen LogP contribution in [0.15, 0.2) is 46.1 Å². The number of rotatable bonds is 5. The molecule has 9 nitrogen and oxygen atoms in total. The first-order valence-electron chi connectivity index (χ1n) is 10.9. The Balaban J connectivity index is 0.00000289. The molecule has 0 radical (unpaired) electrons. The Morgan fingerprint density at radius 2 is 1.84 bits per heavy atom. The molecule has 2 aliphatic heterocycles. The SMILES string of the molecule is CCNC(=NCc1cccnc1N1CCOCC1)N1CCN(C(=O)c2ccco2)CC1.I. The van der Waals surface area contributed by atoms with Crippen molar-refractivity contribution in [1.29, 1.82) is 0 Å². The van der Waals surface area contributed by atoms with Crippen molar-refractivity contribution in [2.75, 3.05) is 63.9 Å². The smallest absolute Gasteiger partial charge is 0.289 e. The second-order valence-electron chi connectivity index (χ2n) is 7.51. The van der Waals surface area contributed by atoms with Crippen LogP contribution < -0.4 is 10.2 Å². The Bertz CT molecular complexity index is 878. The minimum atomic E-state index is -0.0582. The van der Waals surface area contributed by atoms with Gasteiger partial charge in [-0.3, -0.25) is 4.79 Å². The number of aromatic nitrogens is 1. The highest BCUT2D eigenvalue weighted by Crippen LogP contribution is 2.19. The van der Waals surface area contributed by atoms with Gasteiger partial charge in [0.1, 0.15) is 5.82 Å². The standard InChI is InChI=1S/C22H30N6O3.HI/c1-2-23-22(28-10-8-27(9-11-28)21(29)19-6-4-14-31-19)25-17-18-5-3-7-24-20(18)26-12-15-30-16-13-26;/h3-7,14H,2,8-13,15-17H2,1H3,(H,23,25);1H. The van der Waals surface area contributed by atoms with E-state index in [1.165, 1.54) is 6.26 Å². The summed E-state index contributed by atoms with van der Waals surface area (Å²) in [5.41, 5.74) is 1.10. The van der Waals surface area contributed by atoms with Crippen molar-refractivity contribution < 1.29 is 13.9 Å². The zero-order chi connectivity index (χ0) is 21.5. The highest BCUT2D eigenvalue weighted by Gasteiger charge is 2.25. The zero-order valence-electron chi connectivity index (χ0n) is 18.4. The molecule has 0 aliphatic carbocycles. The number of nitrogens with one attached hydrogen (secondary N) is 1. The summed E-state index contributed by atoms with van der Waals surface area (Å²) >= 11 is 0. The predicted octanol–water partition coefficient (Wildman–Crippen LogP) is 2.05. The molecule has 2 aromatic heterocycles. The van der Waals surface area contributed by atoms with Crippen LogP contribution in [0.1, 0.15) is 23.0 Å². The second kappa shape index (κ2) is 12.0. The number of hydrogen-bond acceptors (Lipinski definition) is 6. The number of amides is 1. The van der Waals surface area contributed by atoms with E-state index in [2.05, 4.69) is 33.1 Å². The number of anilines is 1. The average molecular weight is 554 g/mol. The van der Waals surface area contributed by atoms with Crippen molar-refractivity contribution in [3.05, 3.63) is 48.0 Å². The fourth-order valence-corrected chi connectivity index (χ4v) is 3.88. The highest BCUT2D eigenvalue weighted by molar-refractivity contribution is 14.0. The number of halogens is 1. The zero-order valence-corrected chi connectivity index (χ0v) is 20.7. The normalized spacial score (nSPS) is 17.2. The second-order valence-corrected chi connectivity index (χ2v) is 7.51. The number of guanidine groups is 1. The van der Waals surface area contributed by atoms with E-state index >= 15 is 0 Å². The first kappa shape index (κ1) is 24.3. The van der Waals surface area contributed by atoms with E-state index in [0.29, 0.717) is 25.4 Å². The van der Waals surface area contributed by atoms with Gasteiger partial charge in [-0.25, -0.2) is 9.98 Å². The van der Waals surface area contributed by atoms with Gasteiger partial charge in [0.2, 0.25) is 0 Å². The van der Waals surface area contributed by atoms with Crippen molar-refractivity contribution in [2.45, 2.75) is 13.5 Å². The van der Waals surface area contributed by atoms with Crippen molar-refractivity contribution >= 4 is 41.7 Å². The molecule has 0 aromatic carbocycles. The summed E-state index contributed by atoms with van der Waals surface area (Å²) in [6.07, 6.45) is 3.36. The van der Waals surface area contributed by atoms with Crippen molar-refractivity contribution in [3.63, 3.8) is 0 Å². The number of carbonyl (C=O) groups excluding carboxylic acids is 1. The number of nitrogens with zero attached hydrogens (tertiary/aromatic N) is 5. The first-order valence-corrected chi connectivity index (χ1v) is 10.9. The Kier molecular flexibility index (Phi) is 9.15. The molecule has 4 rings (SSSR count). The number of aliphatic imine (C=N–C) groups is 1. The van der Waals surface area contributed by atoms with E-state index in [4.69, 9.17) is 14.1 Å². The largest absolute Gasteiger partial charge is 0.459 e. The van der Waals surface area contributed by atoms with E-state index < -0.39 is 0 Å². The molecule has 0 saturated carbocycles. The van der Waals surface area contributed by atoms with E-state index in [1.807, 2.05) is 17.2 Å². The molecule has 1 amide bonds. The molecular formula is C22H31IN6O3. The molecular weight excluding hydrogens is 523 g/mol. The molecule has 0 spiro atoms. The number of ether oxygens (including phenoxy) is 1. The molecule has 2 aliphatic rings. The van der Waals surface area contributed by atoms with Gasteiger partial charge in [0.25, 0.3) is 5.91 Å². The topological polar surface area (TPSA) is 86.4 Å². The molecule has 174 valence electrons. The van der Waals surface area contributed by atoms with Crippen LogP contribution in [-0.2, 0) is 11.3 Å². The summed E-state index contributed by atoms with van der Waals surface area (Å²) in [5, 5.41) is 3.39. The van der Waals surface area contributed by atoms with Crippen molar-refractivity contribution in [1.82, 2.24) is 20.1 Å². The number of hydrogen-bond donors (Lipinski definition) is 1. The van der Waals surface area contributed by atoms with E-state index in [0.717, 1.165) is 63.3 Å². The monoisotopic (exact) mass is 554 g/mol. The summed E-state index contributed by atoms with van der Waals surface area (Å²) in [7, 11) is 0. The van der Waals surface area contributed by atoms with Crippen LogP contribution in [0, 0.1) is 0 Å². The molecule has 1 N–H and O–H groups in total. The Hall–Kier alpha value is -2.34. The third-order valence-electron chi connectivity index (χ3n) is 5.51. The maximum absolute atomic E-state index is 12.5. The van der Waals surface area contributed by atoms with Crippen LogP contribution in [0.4, 0.5) is 5.82 Å². The van der Waals surface area contributed by atoms with Gasteiger partial charge >= 0.3 is 0 Å². The number of piperazine rings is 1. The van der Waals surface area contributed by atoms with Gasteiger partial charge < -0.3 is 29.2 Å². The van der Waals surface area contributed by atoms with Crippen LogP contribution in [-0.4, -0.2) is 85.7 Å². The lowest BCUT2D eigenvalue weighted by Crippen LogP contribution is -2.53. The lowest BCUT2D eigenvalue weighted by atomic mass is 10.2. The minimum Gasteiger partial charge on any atom is -0.459 e. The van der Waals surface area contributed by atoms with E-state index in [-0.39, 0.29) is 29.9 Å². The summed E-state index contributed by atoms with van der Waals surface area (Å²) in [6, 6.07) is 7.49. The Morgan fingerprint density at radius 1 is 1.09 bits per heavy atom. The Morgan fingerprint density at radius 3 is 2.53 bits per heavy atom. The number of pyridine rings is 1. The van der Waals surface area contributed by atoms with E-state index in [1.54, 1.807) is 12.1 Å². The summed E-state index contributed by atoms with van der Waals surface area (Å²) in [5.74, 6) is 2.18. The maximum atomic E-state index is 12.5. The fourth-order valence-electron chi connectivity index (χ4n) is 3.88. The maximum Gasteiger partial charge on any atom is 0.289 e. The number of carbonyl (C=O) groups is 1. The van der Waals surface area contributed by atoms with Gasteiger partial charge in [0, 0.05) is 57.6 Å². The van der Waals surface area contributed by atoms with Gasteiger partial charge in [-0.15, -0.1) is 24.0 Å². The van der Waals surface area contributed by atoms with Crippen molar-refractivity contribution in [2.24, 2.45) is 4.99 Å². The molecule has 2 aromatic rings. The molecule has 2 saturated heterocycles.